The van der Waals surface area contributed by atoms with E-state index in [1.165, 1.54) is 0 Å². The van der Waals surface area contributed by atoms with Crippen LogP contribution in [0.5, 0.6) is 0 Å². The van der Waals surface area contributed by atoms with Crippen LogP contribution in [-0.4, -0.2) is 36.1 Å². The first kappa shape index (κ1) is 18.7. The van der Waals surface area contributed by atoms with Gasteiger partial charge in [-0.2, -0.15) is 0 Å². The summed E-state index contributed by atoms with van der Waals surface area (Å²) >= 11 is 0. The van der Waals surface area contributed by atoms with Crippen molar-refractivity contribution in [1.29, 1.82) is 0 Å². The summed E-state index contributed by atoms with van der Waals surface area (Å²) in [4.78, 5) is 24.0. The average Bonchev–Trinajstić information content (AvgIpc) is 2.65. The Kier molecular flexibility index (Phi) is 7.16. The van der Waals surface area contributed by atoms with Crippen LogP contribution >= 0.6 is 0 Å². The number of rotatable bonds is 8. The van der Waals surface area contributed by atoms with Crippen LogP contribution in [0.4, 0.5) is 0 Å². The van der Waals surface area contributed by atoms with Crippen LogP contribution in [0, 0.1) is 0 Å². The molecule has 2 rings (SSSR count). The summed E-state index contributed by atoms with van der Waals surface area (Å²) in [7, 11) is 0. The number of hydrogen-bond acceptors (Lipinski definition) is 3. The molecule has 2 unspecified atom stereocenters. The third-order valence-corrected chi connectivity index (χ3v) is 4.13. The summed E-state index contributed by atoms with van der Waals surface area (Å²) < 4.78 is 0. The molecule has 0 spiro atoms. The number of amides is 2. The Labute approximate surface area is 148 Å². The van der Waals surface area contributed by atoms with E-state index < -0.39 is 6.04 Å². The van der Waals surface area contributed by atoms with Crippen LogP contribution < -0.4 is 10.6 Å². The first-order valence-electron chi connectivity index (χ1n) is 8.36. The van der Waals surface area contributed by atoms with Gasteiger partial charge in [0.25, 0.3) is 0 Å². The van der Waals surface area contributed by atoms with Gasteiger partial charge in [-0.25, -0.2) is 0 Å². The molecule has 2 aromatic rings. The Balaban J connectivity index is 1.80. The number of benzene rings is 2. The lowest BCUT2D eigenvalue weighted by atomic mass is 9.94. The predicted molar refractivity (Wildman–Crippen MR) is 97.0 cm³/mol. The number of nitrogens with one attached hydrogen (secondary N) is 2. The number of aliphatic hydroxyl groups is 1. The molecule has 0 heterocycles. The molecular weight excluding hydrogens is 316 g/mol. The molecule has 5 nitrogen and oxygen atoms in total. The van der Waals surface area contributed by atoms with Gasteiger partial charge in [0.1, 0.15) is 0 Å². The van der Waals surface area contributed by atoms with Gasteiger partial charge in [0, 0.05) is 5.92 Å². The topological polar surface area (TPSA) is 78.4 Å². The third kappa shape index (κ3) is 6.04. The zero-order valence-electron chi connectivity index (χ0n) is 14.3. The van der Waals surface area contributed by atoms with Gasteiger partial charge in [-0.05, 0) is 11.1 Å². The maximum Gasteiger partial charge on any atom is 0.239 e. The van der Waals surface area contributed by atoms with Gasteiger partial charge >= 0.3 is 0 Å². The molecule has 2 aromatic carbocycles. The smallest absolute Gasteiger partial charge is 0.239 e. The molecule has 0 aliphatic heterocycles. The molecule has 0 bridgehead atoms. The summed E-state index contributed by atoms with van der Waals surface area (Å²) in [5.41, 5.74) is 1.93. The molecule has 3 N–H and O–H groups in total. The minimum Gasteiger partial charge on any atom is -0.394 e. The van der Waals surface area contributed by atoms with Crippen molar-refractivity contribution in [3.8, 4) is 0 Å². The second-order valence-electron chi connectivity index (χ2n) is 6.00. The number of carbonyl (C=O) groups excluding carboxylic acids is 2. The van der Waals surface area contributed by atoms with Gasteiger partial charge in [-0.15, -0.1) is 0 Å². The molecule has 25 heavy (non-hydrogen) atoms. The summed E-state index contributed by atoms with van der Waals surface area (Å²) in [6.07, 6.45) is 0.234. The highest BCUT2D eigenvalue weighted by Crippen LogP contribution is 2.18. The largest absolute Gasteiger partial charge is 0.394 e. The van der Waals surface area contributed by atoms with Crippen molar-refractivity contribution in [3.05, 3.63) is 71.8 Å². The fourth-order valence-corrected chi connectivity index (χ4v) is 2.60. The molecule has 0 aromatic heterocycles. The van der Waals surface area contributed by atoms with Crippen LogP contribution in [0.25, 0.3) is 0 Å². The Morgan fingerprint density at radius 1 is 0.960 bits per heavy atom. The van der Waals surface area contributed by atoms with Crippen molar-refractivity contribution in [2.45, 2.75) is 25.3 Å². The first-order chi connectivity index (χ1) is 12.1. The Hall–Kier alpha value is -2.66. The van der Waals surface area contributed by atoms with Crippen molar-refractivity contribution in [1.82, 2.24) is 10.6 Å². The molecule has 5 heteroatoms. The van der Waals surface area contributed by atoms with E-state index in [0.717, 1.165) is 11.1 Å². The summed E-state index contributed by atoms with van der Waals surface area (Å²) in [5, 5.41) is 15.0. The lowest BCUT2D eigenvalue weighted by Crippen LogP contribution is -2.45. The van der Waals surface area contributed by atoms with Gasteiger partial charge in [0.2, 0.25) is 11.8 Å². The quantitative estimate of drug-likeness (QED) is 0.683. The Morgan fingerprint density at radius 2 is 1.56 bits per heavy atom. The second kappa shape index (κ2) is 9.59. The highest BCUT2D eigenvalue weighted by molar-refractivity contribution is 5.85. The van der Waals surface area contributed by atoms with E-state index >= 15 is 0 Å². The lowest BCUT2D eigenvalue weighted by molar-refractivity contribution is -0.126. The normalized spacial score (nSPS) is 12.9. The minimum atomic E-state index is -0.402. The highest BCUT2D eigenvalue weighted by atomic mass is 16.3. The van der Waals surface area contributed by atoms with Crippen molar-refractivity contribution < 1.29 is 14.7 Å². The average molecular weight is 340 g/mol. The molecule has 0 saturated carbocycles. The molecular formula is C20H24N2O3. The fourth-order valence-electron chi connectivity index (χ4n) is 2.60. The van der Waals surface area contributed by atoms with Gasteiger partial charge in [-0.3, -0.25) is 9.59 Å². The molecule has 0 fully saturated rings. The van der Waals surface area contributed by atoms with Crippen molar-refractivity contribution in [3.63, 3.8) is 0 Å². The third-order valence-electron chi connectivity index (χ3n) is 4.13. The fraction of sp³-hybridized carbons (Fsp3) is 0.300. The molecule has 0 saturated heterocycles. The SMILES string of the molecule is CC(c1ccccc1)C(CO)NC(=O)CNC(=O)Cc1ccccc1. The first-order valence-corrected chi connectivity index (χ1v) is 8.36. The molecule has 0 aliphatic carbocycles. The summed E-state index contributed by atoms with van der Waals surface area (Å²) in [5.74, 6) is -0.559. The van der Waals surface area contributed by atoms with Gasteiger partial charge in [-0.1, -0.05) is 67.6 Å². The van der Waals surface area contributed by atoms with Crippen LogP contribution in [0.1, 0.15) is 24.0 Å². The molecule has 2 atom stereocenters. The zero-order valence-corrected chi connectivity index (χ0v) is 14.3. The van der Waals surface area contributed by atoms with E-state index in [9.17, 15) is 14.7 Å². The standard InChI is InChI=1S/C20H24N2O3/c1-15(17-10-6-3-7-11-17)18(14-23)22-20(25)13-21-19(24)12-16-8-4-2-5-9-16/h2-11,15,18,23H,12-14H2,1H3,(H,21,24)(H,22,25). The number of carbonyl (C=O) groups is 2. The maximum absolute atomic E-state index is 12.1. The minimum absolute atomic E-state index is 0.0322. The van der Waals surface area contributed by atoms with Crippen molar-refractivity contribution >= 4 is 11.8 Å². The molecule has 0 aliphatic rings. The van der Waals surface area contributed by atoms with E-state index in [0.29, 0.717) is 0 Å². The van der Waals surface area contributed by atoms with Gasteiger partial charge < -0.3 is 15.7 Å². The van der Waals surface area contributed by atoms with Crippen LogP contribution in [0.3, 0.4) is 0 Å². The lowest BCUT2D eigenvalue weighted by Gasteiger charge is -2.23. The van der Waals surface area contributed by atoms with E-state index in [2.05, 4.69) is 10.6 Å². The number of hydrogen-bond donors (Lipinski definition) is 3. The van der Waals surface area contributed by atoms with Crippen LogP contribution in [-0.2, 0) is 16.0 Å². The van der Waals surface area contributed by atoms with E-state index in [-0.39, 0.29) is 37.3 Å². The van der Waals surface area contributed by atoms with Crippen molar-refractivity contribution in [2.75, 3.05) is 13.2 Å². The predicted octanol–water partition coefficient (Wildman–Crippen LogP) is 1.63. The summed E-state index contributed by atoms with van der Waals surface area (Å²) in [6.45, 7) is 1.67. The van der Waals surface area contributed by atoms with Gasteiger partial charge in [0.05, 0.1) is 25.6 Å². The highest BCUT2D eigenvalue weighted by Gasteiger charge is 2.20. The monoisotopic (exact) mass is 340 g/mol. The second-order valence-corrected chi connectivity index (χ2v) is 6.00. The van der Waals surface area contributed by atoms with E-state index in [1.807, 2.05) is 67.6 Å². The maximum atomic E-state index is 12.1. The molecule has 132 valence electrons. The van der Waals surface area contributed by atoms with Crippen molar-refractivity contribution in [2.24, 2.45) is 0 Å². The zero-order chi connectivity index (χ0) is 18.1. The summed E-state index contributed by atoms with van der Waals surface area (Å²) in [6, 6.07) is 18.6. The Bertz CT molecular complexity index is 674. The molecule has 2 amide bonds. The van der Waals surface area contributed by atoms with E-state index in [4.69, 9.17) is 0 Å². The van der Waals surface area contributed by atoms with Gasteiger partial charge in [0.15, 0.2) is 0 Å². The number of aliphatic hydroxyl groups excluding tert-OH is 1. The van der Waals surface area contributed by atoms with Crippen LogP contribution in [0.2, 0.25) is 0 Å². The Morgan fingerprint density at radius 3 is 2.16 bits per heavy atom. The van der Waals surface area contributed by atoms with Crippen LogP contribution in [0.15, 0.2) is 60.7 Å². The van der Waals surface area contributed by atoms with E-state index in [1.54, 1.807) is 0 Å². The molecule has 0 radical (unpaired) electrons.